The van der Waals surface area contributed by atoms with E-state index < -0.39 is 0 Å². The minimum atomic E-state index is -0.328. The van der Waals surface area contributed by atoms with Gasteiger partial charge >= 0.3 is 0 Å². The van der Waals surface area contributed by atoms with Crippen molar-refractivity contribution in [3.05, 3.63) is 86.8 Å². The fourth-order valence-electron chi connectivity index (χ4n) is 5.16. The summed E-state index contributed by atoms with van der Waals surface area (Å²) >= 11 is 7.84. The second kappa shape index (κ2) is 12.3. The van der Waals surface area contributed by atoms with Crippen LogP contribution in [0, 0.1) is 5.82 Å². The number of fused-ring (bicyclic) bond motifs is 1. The Labute approximate surface area is 231 Å². The first-order valence-electron chi connectivity index (χ1n) is 13.0. The van der Waals surface area contributed by atoms with Gasteiger partial charge in [-0.15, -0.1) is 11.3 Å². The Hall–Kier alpha value is -2.94. The SMILES string of the molecule is O=C(c1cccc(Cl)c1)N(CCN1CCCC1)CC(=O)N1CCc2sccc2C1COc1ccc(F)cc1. The first-order chi connectivity index (χ1) is 18.5. The first kappa shape index (κ1) is 26.7. The molecule has 0 bridgehead atoms. The number of amides is 2. The molecule has 2 amide bonds. The van der Waals surface area contributed by atoms with Crippen LogP contribution < -0.4 is 4.74 Å². The lowest BCUT2D eigenvalue weighted by Crippen LogP contribution is -2.49. The number of hydrogen-bond donors (Lipinski definition) is 0. The molecule has 2 aliphatic heterocycles. The lowest BCUT2D eigenvalue weighted by molar-refractivity contribution is -0.135. The van der Waals surface area contributed by atoms with Crippen LogP contribution in [0.5, 0.6) is 5.75 Å². The third-order valence-electron chi connectivity index (χ3n) is 7.21. The van der Waals surface area contributed by atoms with Gasteiger partial charge in [0.2, 0.25) is 5.91 Å². The van der Waals surface area contributed by atoms with Crippen LogP contribution >= 0.6 is 22.9 Å². The Morgan fingerprint density at radius 2 is 1.87 bits per heavy atom. The van der Waals surface area contributed by atoms with Gasteiger partial charge in [-0.3, -0.25) is 9.59 Å². The van der Waals surface area contributed by atoms with E-state index in [2.05, 4.69) is 4.90 Å². The average molecular weight is 556 g/mol. The minimum absolute atomic E-state index is 0.0221. The number of rotatable bonds is 9. The lowest BCUT2D eigenvalue weighted by atomic mass is 10.0. The summed E-state index contributed by atoms with van der Waals surface area (Å²) in [6.45, 7) is 4.00. The molecule has 2 aromatic carbocycles. The van der Waals surface area contributed by atoms with Crippen molar-refractivity contribution in [1.29, 1.82) is 0 Å². The summed E-state index contributed by atoms with van der Waals surface area (Å²) in [6.07, 6.45) is 3.09. The van der Waals surface area contributed by atoms with Crippen molar-refractivity contribution in [2.45, 2.75) is 25.3 Å². The molecule has 0 N–H and O–H groups in total. The van der Waals surface area contributed by atoms with Crippen molar-refractivity contribution in [2.24, 2.45) is 0 Å². The molecule has 0 spiro atoms. The normalized spacial score (nSPS) is 17.3. The Morgan fingerprint density at radius 3 is 2.63 bits per heavy atom. The third kappa shape index (κ3) is 6.37. The van der Waals surface area contributed by atoms with Gasteiger partial charge in [0.25, 0.3) is 5.91 Å². The highest BCUT2D eigenvalue weighted by Crippen LogP contribution is 2.34. The van der Waals surface area contributed by atoms with E-state index >= 15 is 0 Å². The zero-order valence-corrected chi connectivity index (χ0v) is 22.7. The van der Waals surface area contributed by atoms with Crippen LogP contribution in [0.15, 0.2) is 60.0 Å². The van der Waals surface area contributed by atoms with E-state index in [-0.39, 0.29) is 36.8 Å². The van der Waals surface area contributed by atoms with Crippen LogP contribution in [-0.2, 0) is 11.2 Å². The molecule has 1 atom stereocenters. The predicted molar refractivity (Wildman–Crippen MR) is 147 cm³/mol. The van der Waals surface area contributed by atoms with Crippen LogP contribution in [0.1, 0.15) is 39.7 Å². The molecule has 200 valence electrons. The van der Waals surface area contributed by atoms with Gasteiger partial charge in [-0.25, -0.2) is 4.39 Å². The number of thiophene rings is 1. The van der Waals surface area contributed by atoms with E-state index in [1.165, 1.54) is 17.0 Å². The molecular formula is C29H31ClFN3O3S. The average Bonchev–Trinajstić information content (AvgIpc) is 3.62. The summed E-state index contributed by atoms with van der Waals surface area (Å²) in [5, 5.41) is 2.52. The Morgan fingerprint density at radius 1 is 1.08 bits per heavy atom. The third-order valence-corrected chi connectivity index (χ3v) is 8.44. The molecule has 3 aromatic rings. The van der Waals surface area contributed by atoms with Crippen molar-refractivity contribution in [3.8, 4) is 5.75 Å². The predicted octanol–water partition coefficient (Wildman–Crippen LogP) is 5.28. The Bertz CT molecular complexity index is 1260. The summed E-state index contributed by atoms with van der Waals surface area (Å²) in [6, 6.07) is 14.5. The van der Waals surface area contributed by atoms with Crippen molar-refractivity contribution >= 4 is 34.8 Å². The molecule has 5 rings (SSSR count). The number of carbonyl (C=O) groups is 2. The number of benzene rings is 2. The standard InChI is InChI=1S/C29H31ClFN3O3S/c30-22-5-3-4-21(18-22)29(36)33(16-15-32-12-1-2-13-32)19-28(35)34-14-10-27-25(11-17-38-27)26(34)20-37-24-8-6-23(31)7-9-24/h3-9,11,17-18,26H,1-2,10,12-16,19-20H2. The molecule has 38 heavy (non-hydrogen) atoms. The van der Waals surface area contributed by atoms with Crippen molar-refractivity contribution in [3.63, 3.8) is 0 Å². The quantitative estimate of drug-likeness (QED) is 0.360. The largest absolute Gasteiger partial charge is 0.491 e. The van der Waals surface area contributed by atoms with Gasteiger partial charge in [0.1, 0.15) is 24.7 Å². The molecule has 2 aliphatic rings. The van der Waals surface area contributed by atoms with Gasteiger partial charge in [-0.05, 0) is 91.8 Å². The summed E-state index contributed by atoms with van der Waals surface area (Å²) < 4.78 is 19.3. The van der Waals surface area contributed by atoms with E-state index in [4.69, 9.17) is 16.3 Å². The second-order valence-electron chi connectivity index (χ2n) is 9.70. The van der Waals surface area contributed by atoms with Gasteiger partial charge in [0.05, 0.1) is 6.04 Å². The molecule has 0 aliphatic carbocycles. The summed E-state index contributed by atoms with van der Waals surface area (Å²) in [4.78, 5) is 34.4. The fraction of sp³-hybridized carbons (Fsp3) is 0.379. The maximum atomic E-state index is 13.8. The lowest BCUT2D eigenvalue weighted by Gasteiger charge is -2.37. The van der Waals surface area contributed by atoms with E-state index in [1.807, 2.05) is 16.3 Å². The first-order valence-corrected chi connectivity index (χ1v) is 14.2. The van der Waals surface area contributed by atoms with E-state index in [9.17, 15) is 14.0 Å². The number of halogens is 2. The van der Waals surface area contributed by atoms with Crippen LogP contribution in [0.25, 0.3) is 0 Å². The highest BCUT2D eigenvalue weighted by molar-refractivity contribution is 7.10. The monoisotopic (exact) mass is 555 g/mol. The zero-order chi connectivity index (χ0) is 26.5. The summed E-state index contributed by atoms with van der Waals surface area (Å²) in [5.74, 6) is -0.103. The van der Waals surface area contributed by atoms with Gasteiger partial charge in [0.15, 0.2) is 0 Å². The van der Waals surface area contributed by atoms with Crippen LogP contribution in [0.2, 0.25) is 5.02 Å². The summed E-state index contributed by atoms with van der Waals surface area (Å²) in [5.41, 5.74) is 1.54. The summed E-state index contributed by atoms with van der Waals surface area (Å²) in [7, 11) is 0. The van der Waals surface area contributed by atoms with E-state index in [0.717, 1.165) is 44.5 Å². The van der Waals surface area contributed by atoms with Gasteiger partial charge < -0.3 is 19.4 Å². The minimum Gasteiger partial charge on any atom is -0.491 e. The van der Waals surface area contributed by atoms with Gasteiger partial charge in [-0.2, -0.15) is 0 Å². The highest BCUT2D eigenvalue weighted by Gasteiger charge is 2.34. The van der Waals surface area contributed by atoms with E-state index in [1.54, 1.807) is 52.6 Å². The molecular weight excluding hydrogens is 525 g/mol. The van der Waals surface area contributed by atoms with Gasteiger partial charge in [-0.1, -0.05) is 17.7 Å². The van der Waals surface area contributed by atoms with Crippen molar-refractivity contribution in [1.82, 2.24) is 14.7 Å². The molecule has 6 nitrogen and oxygen atoms in total. The number of nitrogens with zero attached hydrogens (tertiary/aromatic N) is 3. The number of likely N-dealkylation sites (tertiary alicyclic amines) is 1. The molecule has 1 unspecified atom stereocenters. The van der Waals surface area contributed by atoms with Crippen molar-refractivity contribution < 1.29 is 18.7 Å². The molecule has 1 aromatic heterocycles. The Kier molecular flexibility index (Phi) is 8.61. The second-order valence-corrected chi connectivity index (χ2v) is 11.1. The molecule has 0 radical (unpaired) electrons. The zero-order valence-electron chi connectivity index (χ0n) is 21.2. The molecule has 1 fully saturated rings. The molecule has 9 heteroatoms. The topological polar surface area (TPSA) is 53.1 Å². The van der Waals surface area contributed by atoms with Crippen LogP contribution in [-0.4, -0.2) is 72.4 Å². The van der Waals surface area contributed by atoms with Crippen LogP contribution in [0.3, 0.4) is 0 Å². The Balaban J connectivity index is 1.33. The highest BCUT2D eigenvalue weighted by atomic mass is 35.5. The smallest absolute Gasteiger partial charge is 0.254 e. The van der Waals surface area contributed by atoms with Crippen LogP contribution in [0.4, 0.5) is 4.39 Å². The fourth-order valence-corrected chi connectivity index (χ4v) is 6.28. The molecule has 3 heterocycles. The molecule has 0 saturated carbocycles. The molecule has 1 saturated heterocycles. The maximum absolute atomic E-state index is 13.8. The van der Waals surface area contributed by atoms with E-state index in [0.29, 0.717) is 29.4 Å². The number of carbonyl (C=O) groups excluding carboxylic acids is 2. The van der Waals surface area contributed by atoms with Crippen molar-refractivity contribution in [2.75, 3.05) is 45.9 Å². The number of ether oxygens (including phenoxy) is 1. The number of hydrogen-bond acceptors (Lipinski definition) is 5. The maximum Gasteiger partial charge on any atom is 0.254 e. The van der Waals surface area contributed by atoms with Gasteiger partial charge in [0, 0.05) is 35.1 Å².